The molecule has 5 rings (SSSR count). The summed E-state index contributed by atoms with van der Waals surface area (Å²) < 4.78 is 31.8. The summed E-state index contributed by atoms with van der Waals surface area (Å²) in [5, 5.41) is 32.4. The number of aromatic nitrogens is 1. The third-order valence-electron chi connectivity index (χ3n) is 6.67. The summed E-state index contributed by atoms with van der Waals surface area (Å²) in [6.45, 7) is 3.76. The molecule has 2 heterocycles. The van der Waals surface area contributed by atoms with Crippen molar-refractivity contribution < 1.29 is 37.9 Å². The molecule has 0 saturated carbocycles. The number of aliphatic hydroxyl groups is 1. The van der Waals surface area contributed by atoms with Gasteiger partial charge in [-0.25, -0.2) is 13.4 Å². The van der Waals surface area contributed by atoms with Gasteiger partial charge in [-0.1, -0.05) is 47.2 Å². The van der Waals surface area contributed by atoms with Crippen molar-refractivity contribution in [3.8, 4) is 11.5 Å². The molecule has 0 bridgehead atoms. The van der Waals surface area contributed by atoms with Gasteiger partial charge in [0.1, 0.15) is 9.97 Å². The van der Waals surface area contributed by atoms with E-state index in [2.05, 4.69) is 4.98 Å². The van der Waals surface area contributed by atoms with E-state index in [4.69, 9.17) is 4.74 Å². The highest BCUT2D eigenvalue weighted by atomic mass is 32.2. The van der Waals surface area contributed by atoms with Gasteiger partial charge in [0.25, 0.3) is 11.5 Å². The SMILES string of the molecule is CCOc1cc([C@@H]2C(=C(O)c3ccc(C)cc3)C(=O)C(=O)N2c2ncc(S(=O)(=O)c3ccc([N+](=O)[O-])cc3)s2)ccc1O. The molecule has 43 heavy (non-hydrogen) atoms. The van der Waals surface area contributed by atoms with Crippen molar-refractivity contribution in [2.24, 2.45) is 0 Å². The Kier molecular flexibility index (Phi) is 7.73. The van der Waals surface area contributed by atoms with Crippen molar-refractivity contribution >= 4 is 49.4 Å². The Labute approximate surface area is 249 Å². The quantitative estimate of drug-likeness (QED) is 0.0902. The van der Waals surface area contributed by atoms with Gasteiger partial charge in [-0.3, -0.25) is 24.6 Å². The number of nitro benzene ring substituents is 1. The number of phenolic OH excluding ortho intramolecular Hbond substituents is 1. The number of hydrogen-bond acceptors (Lipinski definition) is 11. The Hall–Kier alpha value is -5.08. The van der Waals surface area contributed by atoms with E-state index in [0.717, 1.165) is 40.9 Å². The molecular weight excluding hydrogens is 598 g/mol. The molecule has 1 fully saturated rings. The van der Waals surface area contributed by atoms with Gasteiger partial charge < -0.3 is 14.9 Å². The highest BCUT2D eigenvalue weighted by Crippen LogP contribution is 2.45. The number of thiazole rings is 1. The fraction of sp³-hybridized carbons (Fsp3) is 0.138. The van der Waals surface area contributed by atoms with E-state index in [1.807, 2.05) is 6.92 Å². The Morgan fingerprint density at radius 1 is 1.09 bits per heavy atom. The Morgan fingerprint density at radius 3 is 2.40 bits per heavy atom. The minimum absolute atomic E-state index is 0.0708. The lowest BCUT2D eigenvalue weighted by atomic mass is 9.95. The third kappa shape index (κ3) is 5.33. The number of benzene rings is 3. The molecule has 14 heteroatoms. The average molecular weight is 622 g/mol. The maximum atomic E-state index is 13.5. The summed E-state index contributed by atoms with van der Waals surface area (Å²) in [6, 6.07) is 13.9. The van der Waals surface area contributed by atoms with Gasteiger partial charge in [-0.2, -0.15) is 0 Å². The molecule has 0 spiro atoms. The van der Waals surface area contributed by atoms with Crippen LogP contribution in [-0.2, 0) is 19.4 Å². The average Bonchev–Trinajstić information content (AvgIpc) is 3.58. The predicted octanol–water partition coefficient (Wildman–Crippen LogP) is 4.92. The maximum absolute atomic E-state index is 13.5. The molecule has 1 amide bonds. The number of non-ortho nitro benzene ring substituents is 1. The number of amides is 1. The van der Waals surface area contributed by atoms with E-state index >= 15 is 0 Å². The maximum Gasteiger partial charge on any atom is 0.301 e. The summed E-state index contributed by atoms with van der Waals surface area (Å²) in [6.07, 6.45) is 1.02. The number of anilines is 1. The number of rotatable bonds is 8. The van der Waals surface area contributed by atoms with Crippen molar-refractivity contribution in [3.05, 3.63) is 105 Å². The second-order valence-corrected chi connectivity index (χ2v) is 12.6. The second-order valence-electron chi connectivity index (χ2n) is 9.41. The number of nitro groups is 1. The van der Waals surface area contributed by atoms with E-state index in [9.17, 15) is 38.3 Å². The summed E-state index contributed by atoms with van der Waals surface area (Å²) >= 11 is 0.611. The van der Waals surface area contributed by atoms with Crippen molar-refractivity contribution in [2.75, 3.05) is 11.5 Å². The summed E-state index contributed by atoms with van der Waals surface area (Å²) in [7, 11) is -4.20. The van der Waals surface area contributed by atoms with Gasteiger partial charge in [0.05, 0.1) is 34.2 Å². The fourth-order valence-corrected chi connectivity index (χ4v) is 7.08. The predicted molar refractivity (Wildman–Crippen MR) is 156 cm³/mol. The molecule has 1 aliphatic rings. The number of aryl methyl sites for hydroxylation is 1. The number of sulfone groups is 1. The third-order valence-corrected chi connectivity index (χ3v) is 9.90. The lowest BCUT2D eigenvalue weighted by Gasteiger charge is -2.23. The molecule has 2 N–H and O–H groups in total. The minimum Gasteiger partial charge on any atom is -0.507 e. The zero-order valence-corrected chi connectivity index (χ0v) is 24.3. The van der Waals surface area contributed by atoms with Gasteiger partial charge in [-0.15, -0.1) is 0 Å². The van der Waals surface area contributed by atoms with Crippen molar-refractivity contribution in [2.45, 2.75) is 29.0 Å². The smallest absolute Gasteiger partial charge is 0.301 e. The molecule has 1 saturated heterocycles. The monoisotopic (exact) mass is 621 g/mol. The molecule has 1 atom stereocenters. The van der Waals surface area contributed by atoms with Gasteiger partial charge in [0.2, 0.25) is 9.84 Å². The molecule has 1 aliphatic heterocycles. The molecule has 0 radical (unpaired) electrons. The number of carbonyl (C=O) groups excluding carboxylic acids is 2. The molecule has 0 aliphatic carbocycles. The van der Waals surface area contributed by atoms with Crippen LogP contribution in [0.1, 0.15) is 29.7 Å². The molecule has 4 aromatic rings. The van der Waals surface area contributed by atoms with Crippen LogP contribution in [0.2, 0.25) is 0 Å². The number of phenols is 1. The van der Waals surface area contributed by atoms with Gasteiger partial charge in [-0.05, 0) is 43.7 Å². The van der Waals surface area contributed by atoms with Crippen LogP contribution in [0.15, 0.2) is 87.6 Å². The topological polar surface area (TPSA) is 177 Å². The van der Waals surface area contributed by atoms with Crippen molar-refractivity contribution in [3.63, 3.8) is 0 Å². The van der Waals surface area contributed by atoms with Crippen LogP contribution >= 0.6 is 11.3 Å². The standard InChI is InChI=1S/C29H23N3O9S2/c1-3-41-22-14-18(8-13-21(22)33)25-24(26(34)17-6-4-16(2)5-7-17)27(35)28(36)31(25)29-30-15-23(42-29)43(39,40)20-11-9-19(10-12-20)32(37)38/h4-15,25,33-34H,3H2,1-2H3/t25-/m1/s1. The number of hydrogen-bond donors (Lipinski definition) is 2. The number of ketones is 1. The van der Waals surface area contributed by atoms with Crippen LogP contribution in [0.25, 0.3) is 5.76 Å². The fourth-order valence-electron chi connectivity index (χ4n) is 4.53. The van der Waals surface area contributed by atoms with Gasteiger partial charge in [0, 0.05) is 17.7 Å². The van der Waals surface area contributed by atoms with Crippen LogP contribution in [0.5, 0.6) is 11.5 Å². The van der Waals surface area contributed by atoms with E-state index in [1.165, 1.54) is 18.2 Å². The van der Waals surface area contributed by atoms with E-state index in [0.29, 0.717) is 11.3 Å². The van der Waals surface area contributed by atoms with Crippen LogP contribution in [-0.4, -0.2) is 46.8 Å². The zero-order chi connectivity index (χ0) is 31.1. The summed E-state index contributed by atoms with van der Waals surface area (Å²) in [5.41, 5.74) is 0.901. The molecule has 3 aromatic carbocycles. The van der Waals surface area contributed by atoms with Crippen molar-refractivity contribution in [1.82, 2.24) is 4.98 Å². The summed E-state index contributed by atoms with van der Waals surface area (Å²) in [5.74, 6) is -2.65. The molecular formula is C29H23N3O9S2. The van der Waals surface area contributed by atoms with Crippen LogP contribution in [0.4, 0.5) is 10.8 Å². The van der Waals surface area contributed by atoms with Crippen LogP contribution < -0.4 is 9.64 Å². The number of Topliss-reactive ketones (excluding diaryl/α,β-unsaturated/α-hetero) is 1. The molecule has 0 unspecified atom stereocenters. The lowest BCUT2D eigenvalue weighted by molar-refractivity contribution is -0.384. The van der Waals surface area contributed by atoms with Gasteiger partial charge in [0.15, 0.2) is 16.6 Å². The molecule has 12 nitrogen and oxygen atoms in total. The van der Waals surface area contributed by atoms with Gasteiger partial charge >= 0.3 is 5.91 Å². The second kappa shape index (κ2) is 11.3. The zero-order valence-electron chi connectivity index (χ0n) is 22.6. The molecule has 1 aromatic heterocycles. The Morgan fingerprint density at radius 2 is 1.77 bits per heavy atom. The van der Waals surface area contributed by atoms with E-state index < -0.39 is 38.3 Å². The normalized spacial score (nSPS) is 16.4. The number of carbonyl (C=O) groups is 2. The minimum atomic E-state index is -4.20. The Bertz CT molecular complexity index is 1900. The first-order valence-corrected chi connectivity index (χ1v) is 15.0. The number of aliphatic hydroxyl groups excluding tert-OH is 1. The van der Waals surface area contributed by atoms with E-state index in [-0.39, 0.29) is 54.7 Å². The summed E-state index contributed by atoms with van der Waals surface area (Å²) in [4.78, 5) is 42.2. The van der Waals surface area contributed by atoms with Crippen molar-refractivity contribution in [1.29, 1.82) is 0 Å². The highest BCUT2D eigenvalue weighted by Gasteiger charge is 2.48. The van der Waals surface area contributed by atoms with E-state index in [1.54, 1.807) is 31.2 Å². The van der Waals surface area contributed by atoms with Crippen LogP contribution in [0, 0.1) is 17.0 Å². The highest BCUT2D eigenvalue weighted by molar-refractivity contribution is 7.93. The number of ether oxygens (including phenoxy) is 1. The number of nitrogens with zero attached hydrogens (tertiary/aromatic N) is 3. The number of aromatic hydroxyl groups is 1. The molecule has 220 valence electrons. The Balaban J connectivity index is 1.65. The lowest BCUT2D eigenvalue weighted by Crippen LogP contribution is -2.29. The first kappa shape index (κ1) is 29.4. The van der Waals surface area contributed by atoms with Crippen LogP contribution in [0.3, 0.4) is 0 Å². The first-order valence-electron chi connectivity index (χ1n) is 12.7. The first-order chi connectivity index (χ1) is 20.4. The largest absolute Gasteiger partial charge is 0.507 e.